The Kier molecular flexibility index (Phi) is 5.18. The monoisotopic (exact) mass is 511 g/mol. The van der Waals surface area contributed by atoms with Crippen molar-refractivity contribution in [1.29, 1.82) is 0 Å². The SMILES string of the molecule is Cc1ccsc1C1c2ccc(F)c(F)c2OC/C=C/C2(CCC2)N2CN1n1ccc(=O)c(O)c1C2=O. The average Bonchev–Trinajstić information content (AvgIpc) is 3.24. The van der Waals surface area contributed by atoms with Crippen molar-refractivity contribution >= 4 is 17.2 Å². The van der Waals surface area contributed by atoms with Gasteiger partial charge in [-0.05, 0) is 61.4 Å². The van der Waals surface area contributed by atoms with E-state index in [4.69, 9.17) is 4.74 Å². The van der Waals surface area contributed by atoms with Gasteiger partial charge in [-0.15, -0.1) is 11.3 Å². The van der Waals surface area contributed by atoms with Crippen molar-refractivity contribution in [2.24, 2.45) is 0 Å². The fourth-order valence-electron chi connectivity index (χ4n) is 5.36. The summed E-state index contributed by atoms with van der Waals surface area (Å²) in [7, 11) is 0. The quantitative estimate of drug-likeness (QED) is 0.496. The lowest BCUT2D eigenvalue weighted by atomic mass is 9.74. The number of pyridine rings is 1. The first-order valence-corrected chi connectivity index (χ1v) is 12.6. The van der Waals surface area contributed by atoms with E-state index < -0.39 is 40.3 Å². The summed E-state index contributed by atoms with van der Waals surface area (Å²) < 4.78 is 36.8. The van der Waals surface area contributed by atoms with E-state index in [0.29, 0.717) is 18.4 Å². The minimum atomic E-state index is -1.09. The first-order valence-electron chi connectivity index (χ1n) is 11.7. The van der Waals surface area contributed by atoms with Crippen LogP contribution in [0.3, 0.4) is 0 Å². The molecule has 186 valence electrons. The minimum absolute atomic E-state index is 0.0106. The number of thiophene rings is 1. The summed E-state index contributed by atoms with van der Waals surface area (Å²) in [6, 6.07) is 4.96. The lowest BCUT2D eigenvalue weighted by Gasteiger charge is -2.53. The van der Waals surface area contributed by atoms with Crippen LogP contribution in [0, 0.1) is 18.6 Å². The number of carbonyl (C=O) groups excluding carboxylic acids is 1. The van der Waals surface area contributed by atoms with Crippen molar-refractivity contribution < 1.29 is 23.4 Å². The normalized spacial score (nSPS) is 21.2. The summed E-state index contributed by atoms with van der Waals surface area (Å²) in [6.45, 7) is 2.01. The second-order valence-electron chi connectivity index (χ2n) is 9.36. The van der Waals surface area contributed by atoms with Crippen LogP contribution in [0.25, 0.3) is 0 Å². The van der Waals surface area contributed by atoms with E-state index in [1.165, 1.54) is 34.3 Å². The van der Waals surface area contributed by atoms with Gasteiger partial charge in [-0.2, -0.15) is 4.39 Å². The number of rotatable bonds is 1. The maximum absolute atomic E-state index is 15.2. The molecule has 36 heavy (non-hydrogen) atoms. The second-order valence-corrected chi connectivity index (χ2v) is 10.3. The number of halogens is 2. The van der Waals surface area contributed by atoms with Gasteiger partial charge < -0.3 is 14.7 Å². The molecule has 3 aliphatic rings. The predicted octanol–water partition coefficient (Wildman–Crippen LogP) is 4.21. The van der Waals surface area contributed by atoms with Gasteiger partial charge in [0, 0.05) is 22.7 Å². The van der Waals surface area contributed by atoms with E-state index in [9.17, 15) is 19.1 Å². The van der Waals surface area contributed by atoms with Gasteiger partial charge in [0.15, 0.2) is 23.0 Å². The number of amides is 1. The van der Waals surface area contributed by atoms with Gasteiger partial charge in [-0.1, -0.05) is 6.08 Å². The topological polar surface area (TPSA) is 75.0 Å². The number of hydrogen-bond donors (Lipinski definition) is 1. The van der Waals surface area contributed by atoms with Gasteiger partial charge in [0.25, 0.3) is 5.91 Å². The first kappa shape index (κ1) is 22.8. The van der Waals surface area contributed by atoms with Crippen LogP contribution in [-0.4, -0.2) is 39.4 Å². The zero-order valence-electron chi connectivity index (χ0n) is 19.4. The molecule has 1 saturated carbocycles. The highest BCUT2D eigenvalue weighted by Crippen LogP contribution is 2.46. The molecule has 2 aromatic heterocycles. The summed E-state index contributed by atoms with van der Waals surface area (Å²) in [6.07, 6.45) is 7.31. The van der Waals surface area contributed by atoms with Gasteiger partial charge in [0.05, 0.1) is 5.54 Å². The molecular formula is C26H23F2N3O4S. The van der Waals surface area contributed by atoms with Crippen molar-refractivity contribution in [2.45, 2.75) is 37.8 Å². The van der Waals surface area contributed by atoms with Gasteiger partial charge in [0.2, 0.25) is 11.2 Å². The molecule has 1 aromatic carbocycles. The highest BCUT2D eigenvalue weighted by atomic mass is 32.1. The fraction of sp³-hybridized carbons (Fsp3) is 0.308. The van der Waals surface area contributed by atoms with Gasteiger partial charge in [-0.25, -0.2) is 4.39 Å². The molecule has 1 aliphatic carbocycles. The molecule has 1 N–H and O–H groups in total. The molecule has 0 saturated heterocycles. The molecule has 1 fully saturated rings. The largest absolute Gasteiger partial charge is 0.502 e. The van der Waals surface area contributed by atoms with E-state index in [-0.39, 0.29) is 24.7 Å². The number of benzene rings is 1. The number of aryl methyl sites for hydroxylation is 1. The Bertz CT molecular complexity index is 1480. The summed E-state index contributed by atoms with van der Waals surface area (Å²) in [5.41, 5.74) is -0.174. The molecule has 10 heteroatoms. The van der Waals surface area contributed by atoms with Crippen molar-refractivity contribution in [3.63, 3.8) is 0 Å². The zero-order chi connectivity index (χ0) is 25.2. The lowest BCUT2D eigenvalue weighted by molar-refractivity contribution is 0.0256. The maximum Gasteiger partial charge on any atom is 0.278 e. The maximum atomic E-state index is 15.2. The zero-order valence-corrected chi connectivity index (χ0v) is 20.2. The highest BCUT2D eigenvalue weighted by Gasteiger charge is 2.49. The standard InChI is InChI=1S/C26H23F2N3O4S/c1-15-7-13-36-24(15)20-16-4-5-17(27)19(28)23(16)35-12-3-10-26(8-2-9-26)29-14-31(20)30-11-6-18(32)22(33)21(30)25(29)34/h3-7,10-11,13,20,33H,2,8-9,12,14H2,1H3/b10-3+. The number of nitrogens with zero attached hydrogens (tertiary/aromatic N) is 3. The van der Waals surface area contributed by atoms with Gasteiger partial charge >= 0.3 is 0 Å². The minimum Gasteiger partial charge on any atom is -0.502 e. The van der Waals surface area contributed by atoms with Crippen LogP contribution in [-0.2, 0) is 0 Å². The highest BCUT2D eigenvalue weighted by molar-refractivity contribution is 7.10. The molecule has 2 aliphatic heterocycles. The van der Waals surface area contributed by atoms with Crippen LogP contribution >= 0.6 is 11.3 Å². The Morgan fingerprint density at radius 2 is 1.97 bits per heavy atom. The van der Waals surface area contributed by atoms with Gasteiger partial charge in [-0.3, -0.25) is 19.3 Å². The van der Waals surface area contributed by atoms with Crippen molar-refractivity contribution in [2.75, 3.05) is 18.3 Å². The number of aromatic nitrogens is 1. The number of hydrogen-bond acceptors (Lipinski definition) is 6. The Balaban J connectivity index is 1.68. The molecule has 1 amide bonds. The number of carbonyl (C=O) groups is 1. The van der Waals surface area contributed by atoms with Crippen LogP contribution in [0.2, 0.25) is 0 Å². The van der Waals surface area contributed by atoms with E-state index in [2.05, 4.69) is 0 Å². The van der Waals surface area contributed by atoms with Crippen LogP contribution in [0.1, 0.15) is 51.8 Å². The molecule has 1 spiro atoms. The molecular weight excluding hydrogens is 488 g/mol. The Morgan fingerprint density at radius 3 is 2.67 bits per heavy atom. The third-order valence-corrected chi connectivity index (χ3v) is 8.47. The van der Waals surface area contributed by atoms with Gasteiger partial charge in [0.1, 0.15) is 19.3 Å². The summed E-state index contributed by atoms with van der Waals surface area (Å²) in [5.74, 6) is -3.43. The Morgan fingerprint density at radius 1 is 1.17 bits per heavy atom. The molecule has 3 aromatic rings. The second kappa shape index (κ2) is 8.19. The van der Waals surface area contributed by atoms with Crippen LogP contribution in [0.4, 0.5) is 8.78 Å². The summed E-state index contributed by atoms with van der Waals surface area (Å²) in [5, 5.41) is 14.5. The third kappa shape index (κ3) is 3.20. The molecule has 0 radical (unpaired) electrons. The first-order chi connectivity index (χ1) is 17.3. The fourth-order valence-corrected chi connectivity index (χ4v) is 6.41. The lowest BCUT2D eigenvalue weighted by Crippen LogP contribution is -2.64. The predicted molar refractivity (Wildman–Crippen MR) is 130 cm³/mol. The average molecular weight is 512 g/mol. The number of ether oxygens (including phenoxy) is 1. The van der Waals surface area contributed by atoms with Crippen LogP contribution in [0.5, 0.6) is 11.5 Å². The summed E-state index contributed by atoms with van der Waals surface area (Å²) in [4.78, 5) is 28.7. The molecule has 2 bridgehead atoms. The van der Waals surface area contributed by atoms with Crippen molar-refractivity contribution in [3.8, 4) is 11.5 Å². The molecule has 7 nitrogen and oxygen atoms in total. The molecule has 4 heterocycles. The van der Waals surface area contributed by atoms with Crippen molar-refractivity contribution in [3.05, 3.63) is 91.6 Å². The Labute approximate surface area is 209 Å². The molecule has 1 atom stereocenters. The van der Waals surface area contributed by atoms with Crippen LogP contribution < -0.4 is 15.2 Å². The van der Waals surface area contributed by atoms with E-state index in [0.717, 1.165) is 22.9 Å². The number of fused-ring (bicyclic) bond motifs is 6. The molecule has 6 rings (SSSR count). The van der Waals surface area contributed by atoms with E-state index in [1.807, 2.05) is 24.4 Å². The molecule has 1 unspecified atom stereocenters. The van der Waals surface area contributed by atoms with E-state index in [1.54, 1.807) is 16.0 Å². The van der Waals surface area contributed by atoms with E-state index >= 15 is 4.39 Å². The third-order valence-electron chi connectivity index (χ3n) is 7.40. The van der Waals surface area contributed by atoms with Crippen LogP contribution in [0.15, 0.2) is 52.8 Å². The Hall–Kier alpha value is -3.66. The van der Waals surface area contributed by atoms with Crippen molar-refractivity contribution in [1.82, 2.24) is 9.58 Å². The smallest absolute Gasteiger partial charge is 0.278 e. The summed E-state index contributed by atoms with van der Waals surface area (Å²) >= 11 is 1.44. The number of aromatic hydroxyl groups is 1.